The summed E-state index contributed by atoms with van der Waals surface area (Å²) in [5.41, 5.74) is 0.320. The highest BCUT2D eigenvalue weighted by atomic mass is 32.2. The van der Waals surface area contributed by atoms with E-state index in [1.165, 1.54) is 17.0 Å². The van der Waals surface area contributed by atoms with Crippen molar-refractivity contribution < 1.29 is 27.0 Å². The zero-order chi connectivity index (χ0) is 23.9. The summed E-state index contributed by atoms with van der Waals surface area (Å²) in [6.45, 7) is 2.11. The molecule has 172 valence electrons. The number of anilines is 2. The van der Waals surface area contributed by atoms with Crippen molar-refractivity contribution in [1.82, 2.24) is 4.57 Å². The Balaban J connectivity index is 1.61. The van der Waals surface area contributed by atoms with Crippen LogP contribution in [0.5, 0.6) is 0 Å². The van der Waals surface area contributed by atoms with E-state index in [4.69, 9.17) is 0 Å². The maximum absolute atomic E-state index is 13.3. The Morgan fingerprint density at radius 3 is 2.27 bits per heavy atom. The molecule has 1 unspecified atom stereocenters. The van der Waals surface area contributed by atoms with Crippen LogP contribution in [0.2, 0.25) is 0 Å². The highest BCUT2D eigenvalue weighted by Crippen LogP contribution is 2.33. The number of amides is 2. The highest BCUT2D eigenvalue weighted by molar-refractivity contribution is 7.84. The zero-order valence-electron chi connectivity index (χ0n) is 17.7. The smallest absolute Gasteiger partial charge is 0.338 e. The number of nitrogens with one attached hydrogen (secondary N) is 1. The van der Waals surface area contributed by atoms with Crippen molar-refractivity contribution in [1.29, 1.82) is 0 Å². The number of alkyl halides is 3. The lowest BCUT2D eigenvalue weighted by Crippen LogP contribution is -2.43. The first kappa shape index (κ1) is 22.8. The minimum atomic E-state index is -4.47. The van der Waals surface area contributed by atoms with Crippen molar-refractivity contribution >= 4 is 34.0 Å². The first-order valence-electron chi connectivity index (χ1n) is 10.0. The van der Waals surface area contributed by atoms with Crippen LogP contribution < -0.4 is 10.2 Å². The Bertz CT molecular complexity index is 1230. The average molecular weight is 475 g/mol. The second kappa shape index (κ2) is 8.51. The molecule has 2 amide bonds. The van der Waals surface area contributed by atoms with Crippen molar-refractivity contribution in [3.05, 3.63) is 77.6 Å². The molecule has 10 heteroatoms. The number of hydrogen-bond acceptors (Lipinski definition) is 3. The van der Waals surface area contributed by atoms with Gasteiger partial charge in [-0.25, -0.2) is 0 Å². The summed E-state index contributed by atoms with van der Waals surface area (Å²) < 4.78 is 51.9. The van der Waals surface area contributed by atoms with Gasteiger partial charge in [0.1, 0.15) is 5.69 Å². The molecule has 1 aromatic heterocycles. The summed E-state index contributed by atoms with van der Waals surface area (Å²) in [6, 6.07) is 12.2. The molecule has 1 aliphatic heterocycles. The lowest BCUT2D eigenvalue weighted by atomic mass is 10.1. The summed E-state index contributed by atoms with van der Waals surface area (Å²) in [7, 11) is -1.15. The van der Waals surface area contributed by atoms with E-state index in [0.29, 0.717) is 16.3 Å². The third-order valence-electron chi connectivity index (χ3n) is 5.48. The molecule has 6 nitrogen and oxygen atoms in total. The number of carbonyl (C=O) groups is 2. The first-order chi connectivity index (χ1) is 15.6. The predicted octanol–water partition coefficient (Wildman–Crippen LogP) is 4.72. The summed E-state index contributed by atoms with van der Waals surface area (Å²) >= 11 is 0. The van der Waals surface area contributed by atoms with Gasteiger partial charge in [0, 0.05) is 52.1 Å². The van der Waals surface area contributed by atoms with Crippen LogP contribution in [0.4, 0.5) is 24.5 Å². The minimum absolute atomic E-state index is 0.159. The van der Waals surface area contributed by atoms with Crippen LogP contribution in [0.25, 0.3) is 0 Å². The van der Waals surface area contributed by atoms with E-state index in [9.17, 15) is 27.0 Å². The van der Waals surface area contributed by atoms with Gasteiger partial charge in [0.15, 0.2) is 0 Å². The Labute approximate surface area is 190 Å². The number of benzene rings is 2. The van der Waals surface area contributed by atoms with E-state index in [2.05, 4.69) is 5.32 Å². The van der Waals surface area contributed by atoms with Gasteiger partial charge in [0.25, 0.3) is 11.8 Å². The van der Waals surface area contributed by atoms with Crippen molar-refractivity contribution in [2.75, 3.05) is 23.0 Å². The standard InChI is InChI=1S/C23H20F3N3O3S/c1-14-13-29(17-7-3-15(4-8-17)23(24,25)26)22(31)20-19(11-12-28(14)20)21(30)27-16-5-9-18(10-6-16)33(2)32/h3-12,14H,13H2,1-2H3,(H,27,30)/t14-,33?/m0/s1. The molecule has 2 heterocycles. The molecule has 0 radical (unpaired) electrons. The van der Waals surface area contributed by atoms with Gasteiger partial charge in [-0.05, 0) is 61.5 Å². The summed E-state index contributed by atoms with van der Waals surface area (Å²) in [5, 5.41) is 2.73. The second-order valence-electron chi connectivity index (χ2n) is 7.73. The second-order valence-corrected chi connectivity index (χ2v) is 9.11. The van der Waals surface area contributed by atoms with E-state index in [1.54, 1.807) is 47.4 Å². The molecular weight excluding hydrogens is 455 g/mol. The largest absolute Gasteiger partial charge is 0.416 e. The lowest BCUT2D eigenvalue weighted by Gasteiger charge is -2.33. The van der Waals surface area contributed by atoms with Crippen LogP contribution in [-0.2, 0) is 17.0 Å². The van der Waals surface area contributed by atoms with Gasteiger partial charge in [0.2, 0.25) is 0 Å². The van der Waals surface area contributed by atoms with E-state index in [-0.39, 0.29) is 23.8 Å². The van der Waals surface area contributed by atoms with Gasteiger partial charge in [0.05, 0.1) is 11.1 Å². The van der Waals surface area contributed by atoms with Crippen LogP contribution in [0, 0.1) is 0 Å². The summed E-state index contributed by atoms with van der Waals surface area (Å²) in [4.78, 5) is 28.2. The average Bonchev–Trinajstić information content (AvgIpc) is 3.22. The molecule has 0 spiro atoms. The normalized spacial score (nSPS) is 16.9. The van der Waals surface area contributed by atoms with Crippen LogP contribution in [-0.4, -0.2) is 33.4 Å². The minimum Gasteiger partial charge on any atom is -0.338 e. The number of fused-ring (bicyclic) bond motifs is 1. The van der Waals surface area contributed by atoms with Gasteiger partial charge in [-0.15, -0.1) is 0 Å². The van der Waals surface area contributed by atoms with Crippen molar-refractivity contribution in [2.24, 2.45) is 0 Å². The Morgan fingerprint density at radius 1 is 1.06 bits per heavy atom. The molecule has 0 saturated heterocycles. The molecule has 0 bridgehead atoms. The first-order valence-corrected chi connectivity index (χ1v) is 11.6. The molecule has 3 aromatic rings. The fourth-order valence-corrected chi connectivity index (χ4v) is 4.29. The fraction of sp³-hybridized carbons (Fsp3) is 0.217. The molecule has 1 N–H and O–H groups in total. The SMILES string of the molecule is C[C@H]1CN(c2ccc(C(F)(F)F)cc2)C(=O)c2c(C(=O)Nc3ccc(S(C)=O)cc3)ccn21. The number of carbonyl (C=O) groups excluding carboxylic acids is 2. The number of aromatic nitrogens is 1. The predicted molar refractivity (Wildman–Crippen MR) is 119 cm³/mol. The van der Waals surface area contributed by atoms with E-state index in [0.717, 1.165) is 12.1 Å². The maximum atomic E-state index is 13.3. The van der Waals surface area contributed by atoms with Gasteiger partial charge < -0.3 is 14.8 Å². The van der Waals surface area contributed by atoms with Crippen molar-refractivity contribution in [2.45, 2.75) is 24.0 Å². The molecule has 1 aliphatic rings. The fourth-order valence-electron chi connectivity index (χ4n) is 3.77. The molecule has 33 heavy (non-hydrogen) atoms. The summed E-state index contributed by atoms with van der Waals surface area (Å²) in [6.07, 6.45) is -1.27. The Hall–Kier alpha value is -3.40. The molecule has 0 fully saturated rings. The number of halogens is 3. The van der Waals surface area contributed by atoms with E-state index >= 15 is 0 Å². The molecule has 2 atom stereocenters. The Kier molecular flexibility index (Phi) is 5.87. The van der Waals surface area contributed by atoms with Gasteiger partial charge in [-0.2, -0.15) is 13.2 Å². The number of nitrogens with zero attached hydrogens (tertiary/aromatic N) is 2. The third kappa shape index (κ3) is 4.43. The molecule has 2 aromatic carbocycles. The highest BCUT2D eigenvalue weighted by Gasteiger charge is 2.35. The van der Waals surface area contributed by atoms with Crippen LogP contribution in [0.1, 0.15) is 39.4 Å². The van der Waals surface area contributed by atoms with Crippen LogP contribution in [0.15, 0.2) is 65.7 Å². The molecular formula is C23H20F3N3O3S. The van der Waals surface area contributed by atoms with Crippen LogP contribution >= 0.6 is 0 Å². The van der Waals surface area contributed by atoms with Gasteiger partial charge in [-0.1, -0.05) is 0 Å². The molecule has 0 aliphatic carbocycles. The van der Waals surface area contributed by atoms with Crippen molar-refractivity contribution in [3.63, 3.8) is 0 Å². The van der Waals surface area contributed by atoms with Crippen molar-refractivity contribution in [3.8, 4) is 0 Å². The topological polar surface area (TPSA) is 71.4 Å². The van der Waals surface area contributed by atoms with E-state index < -0.39 is 34.4 Å². The Morgan fingerprint density at radius 2 is 1.70 bits per heavy atom. The lowest BCUT2D eigenvalue weighted by molar-refractivity contribution is -0.137. The third-order valence-corrected chi connectivity index (χ3v) is 6.42. The quantitative estimate of drug-likeness (QED) is 0.594. The van der Waals surface area contributed by atoms with Gasteiger partial charge >= 0.3 is 6.18 Å². The molecule has 4 rings (SSSR count). The summed E-state index contributed by atoms with van der Waals surface area (Å²) in [5.74, 6) is -0.969. The number of hydrogen-bond donors (Lipinski definition) is 1. The zero-order valence-corrected chi connectivity index (χ0v) is 18.5. The molecule has 0 saturated carbocycles. The number of rotatable bonds is 4. The van der Waals surface area contributed by atoms with E-state index in [1.807, 2.05) is 6.92 Å². The van der Waals surface area contributed by atoms with Crippen LogP contribution in [0.3, 0.4) is 0 Å². The maximum Gasteiger partial charge on any atom is 0.416 e. The van der Waals surface area contributed by atoms with Gasteiger partial charge in [-0.3, -0.25) is 13.8 Å². The monoisotopic (exact) mass is 475 g/mol.